The Hall–Kier alpha value is -3.00. The lowest BCUT2D eigenvalue weighted by Crippen LogP contribution is -2.34. The van der Waals surface area contributed by atoms with Crippen LogP contribution < -0.4 is 0 Å². The topological polar surface area (TPSA) is 43.4 Å². The summed E-state index contributed by atoms with van der Waals surface area (Å²) < 4.78 is 20.4. The molecule has 3 nitrogen and oxygen atoms in total. The number of Topliss-reactive ketones (excluding diaryl/α,β-unsaturated/α-hetero) is 1. The predicted molar refractivity (Wildman–Crippen MR) is 122 cm³/mol. The van der Waals surface area contributed by atoms with Gasteiger partial charge in [-0.25, -0.2) is 0 Å². The van der Waals surface area contributed by atoms with E-state index in [1.54, 1.807) is 0 Å². The Labute approximate surface area is 177 Å². The van der Waals surface area contributed by atoms with Gasteiger partial charge in [0.15, 0.2) is 10.9 Å². The Balaban J connectivity index is 2.10. The summed E-state index contributed by atoms with van der Waals surface area (Å²) in [5.41, 5.74) is 3.25. The summed E-state index contributed by atoms with van der Waals surface area (Å²) in [5, 5.41) is -0.861. The second-order valence-corrected chi connectivity index (χ2v) is 9.94. The van der Waals surface area contributed by atoms with E-state index in [1.165, 1.54) is 14.0 Å². The lowest BCUT2D eigenvalue weighted by molar-refractivity contribution is -0.118. The Kier molecular flexibility index (Phi) is 5.42. The summed E-state index contributed by atoms with van der Waals surface area (Å²) in [6.07, 6.45) is 3.73. The van der Waals surface area contributed by atoms with Crippen molar-refractivity contribution in [3.05, 3.63) is 120 Å². The van der Waals surface area contributed by atoms with Crippen LogP contribution in [0, 0.1) is 0 Å². The maximum Gasteiger partial charge on any atom is 0.253 e. The summed E-state index contributed by atoms with van der Waals surface area (Å²) in [6, 6.07) is 28.6. The van der Waals surface area contributed by atoms with Crippen molar-refractivity contribution in [2.75, 3.05) is 7.11 Å². The van der Waals surface area contributed by atoms with Crippen molar-refractivity contribution >= 4 is 24.0 Å². The Morgan fingerprint density at radius 3 is 1.80 bits per heavy atom. The highest BCUT2D eigenvalue weighted by atomic mass is 31.2. The molecular weight excluding hydrogens is 391 g/mol. The first-order chi connectivity index (χ1) is 14.5. The van der Waals surface area contributed by atoms with Crippen LogP contribution >= 0.6 is 7.37 Å². The molecule has 0 aromatic heterocycles. The van der Waals surface area contributed by atoms with E-state index in [2.05, 4.69) is 0 Å². The van der Waals surface area contributed by atoms with Gasteiger partial charge in [0.1, 0.15) is 0 Å². The molecule has 0 bridgehead atoms. The van der Waals surface area contributed by atoms with Crippen molar-refractivity contribution in [3.8, 4) is 0 Å². The SMILES string of the molecule is CO[P@@]1(=O)C(c2ccccc2)=CC(c2ccccc2)=C[C@@]1(C(C)=O)c1ccccc1. The van der Waals surface area contributed by atoms with E-state index in [1.807, 2.05) is 103 Å². The molecule has 4 heteroatoms. The smallest absolute Gasteiger partial charge is 0.253 e. The molecule has 0 fully saturated rings. The second kappa shape index (κ2) is 8.02. The number of carbonyl (C=O) groups excluding carboxylic acids is 1. The molecule has 4 rings (SSSR count). The number of hydrogen-bond donors (Lipinski definition) is 0. The summed E-state index contributed by atoms with van der Waals surface area (Å²) in [4.78, 5) is 13.3. The van der Waals surface area contributed by atoms with Crippen molar-refractivity contribution in [2.45, 2.75) is 12.1 Å². The third-order valence-electron chi connectivity index (χ3n) is 5.62. The molecule has 0 saturated heterocycles. The molecule has 1 heterocycles. The Morgan fingerprint density at radius 1 is 0.800 bits per heavy atom. The predicted octanol–water partition coefficient (Wildman–Crippen LogP) is 6.53. The standard InChI is InChI=1S/C26H23O3P/c1-20(27)26(24-16-10-5-11-17-24)19-23(21-12-6-3-7-13-21)18-25(30(26,28)29-2)22-14-8-4-9-15-22/h3-19H,1-2H3/t26-,30+/m1/s1. The maximum atomic E-state index is 14.6. The minimum Gasteiger partial charge on any atom is -0.327 e. The van der Waals surface area contributed by atoms with Crippen LogP contribution in [0.2, 0.25) is 0 Å². The number of ketones is 1. The maximum absolute atomic E-state index is 14.6. The van der Waals surface area contributed by atoms with Gasteiger partial charge in [0, 0.05) is 12.4 Å². The van der Waals surface area contributed by atoms with Crippen LogP contribution in [0.4, 0.5) is 0 Å². The highest BCUT2D eigenvalue weighted by Gasteiger charge is 2.56. The van der Waals surface area contributed by atoms with Gasteiger partial charge in [-0.1, -0.05) is 91.0 Å². The van der Waals surface area contributed by atoms with E-state index in [9.17, 15) is 9.36 Å². The molecule has 30 heavy (non-hydrogen) atoms. The normalized spacial score (nSPS) is 23.4. The van der Waals surface area contributed by atoms with Crippen molar-refractivity contribution in [1.29, 1.82) is 0 Å². The van der Waals surface area contributed by atoms with Gasteiger partial charge in [-0.3, -0.25) is 9.36 Å². The number of allylic oxidation sites excluding steroid dienone is 3. The van der Waals surface area contributed by atoms with Gasteiger partial charge in [-0.15, -0.1) is 0 Å². The van der Waals surface area contributed by atoms with Gasteiger partial charge < -0.3 is 4.52 Å². The van der Waals surface area contributed by atoms with E-state index in [0.29, 0.717) is 10.9 Å². The van der Waals surface area contributed by atoms with E-state index < -0.39 is 12.5 Å². The molecule has 3 aromatic rings. The lowest BCUT2D eigenvalue weighted by Gasteiger charge is -2.40. The van der Waals surface area contributed by atoms with Crippen molar-refractivity contribution in [2.24, 2.45) is 0 Å². The monoisotopic (exact) mass is 414 g/mol. The van der Waals surface area contributed by atoms with Crippen molar-refractivity contribution in [3.63, 3.8) is 0 Å². The number of hydrogen-bond acceptors (Lipinski definition) is 3. The number of rotatable bonds is 5. The quantitative estimate of drug-likeness (QED) is 0.446. The first kappa shape index (κ1) is 20.3. The highest BCUT2D eigenvalue weighted by Crippen LogP contribution is 2.75. The summed E-state index contributed by atoms with van der Waals surface area (Å²) in [7, 11) is -2.24. The van der Waals surface area contributed by atoms with Crippen LogP contribution in [-0.2, 0) is 19.0 Å². The van der Waals surface area contributed by atoms with E-state index in [4.69, 9.17) is 4.52 Å². The van der Waals surface area contributed by atoms with Crippen molar-refractivity contribution < 1.29 is 13.9 Å². The molecule has 0 unspecified atom stereocenters. The molecule has 150 valence electrons. The van der Waals surface area contributed by atoms with Gasteiger partial charge in [0.25, 0.3) is 7.37 Å². The van der Waals surface area contributed by atoms with Crippen LogP contribution in [-0.4, -0.2) is 12.9 Å². The Bertz CT molecular complexity index is 1160. The fraction of sp³-hybridized carbons (Fsp3) is 0.115. The third kappa shape index (κ3) is 3.11. The molecule has 1 aliphatic heterocycles. The fourth-order valence-electron chi connectivity index (χ4n) is 4.13. The average molecular weight is 414 g/mol. The minimum absolute atomic E-state index is 0.214. The lowest BCUT2D eigenvalue weighted by atomic mass is 9.89. The van der Waals surface area contributed by atoms with Gasteiger partial charge in [0.05, 0.1) is 0 Å². The molecule has 0 radical (unpaired) electrons. The second-order valence-electron chi connectivity index (χ2n) is 7.28. The van der Waals surface area contributed by atoms with Crippen molar-refractivity contribution in [1.82, 2.24) is 0 Å². The zero-order chi connectivity index (χ0) is 21.2. The molecular formula is C26H23O3P. The van der Waals surface area contributed by atoms with Gasteiger partial charge >= 0.3 is 0 Å². The van der Waals surface area contributed by atoms with E-state index in [0.717, 1.165) is 16.7 Å². The molecule has 0 aliphatic carbocycles. The van der Waals surface area contributed by atoms with Crippen LogP contribution in [0.1, 0.15) is 23.6 Å². The third-order valence-corrected chi connectivity index (χ3v) is 8.79. The molecule has 1 aliphatic rings. The average Bonchev–Trinajstić information content (AvgIpc) is 2.80. The van der Waals surface area contributed by atoms with E-state index >= 15 is 0 Å². The minimum atomic E-state index is -3.67. The molecule has 0 spiro atoms. The van der Waals surface area contributed by atoms with Gasteiger partial charge in [-0.2, -0.15) is 0 Å². The zero-order valence-electron chi connectivity index (χ0n) is 17.0. The molecule has 2 atom stereocenters. The fourth-order valence-corrected chi connectivity index (χ4v) is 7.01. The van der Waals surface area contributed by atoms with Crippen LogP contribution in [0.5, 0.6) is 0 Å². The van der Waals surface area contributed by atoms with E-state index in [-0.39, 0.29) is 5.78 Å². The van der Waals surface area contributed by atoms with Gasteiger partial charge in [0.2, 0.25) is 0 Å². The molecule has 0 amide bonds. The Morgan fingerprint density at radius 2 is 1.30 bits per heavy atom. The molecule has 0 saturated carbocycles. The summed E-state index contributed by atoms with van der Waals surface area (Å²) >= 11 is 0. The number of carbonyl (C=O) groups is 1. The molecule has 0 N–H and O–H groups in total. The summed E-state index contributed by atoms with van der Waals surface area (Å²) in [5.74, 6) is -0.214. The van der Waals surface area contributed by atoms with Crippen LogP contribution in [0.25, 0.3) is 10.9 Å². The highest BCUT2D eigenvalue weighted by molar-refractivity contribution is 7.72. The summed E-state index contributed by atoms with van der Waals surface area (Å²) in [6.45, 7) is 1.49. The van der Waals surface area contributed by atoms with Crippen LogP contribution in [0.15, 0.2) is 103 Å². The van der Waals surface area contributed by atoms with Crippen LogP contribution in [0.3, 0.4) is 0 Å². The van der Waals surface area contributed by atoms with Gasteiger partial charge in [-0.05, 0) is 41.3 Å². The number of benzene rings is 3. The molecule has 3 aromatic carbocycles. The zero-order valence-corrected chi connectivity index (χ0v) is 17.9. The first-order valence-corrected chi connectivity index (χ1v) is 11.4. The first-order valence-electron chi connectivity index (χ1n) is 9.81. The largest absolute Gasteiger partial charge is 0.327 e.